The quantitative estimate of drug-likeness (QED) is 0.339. The standard InChI is InChI=1S/C28H46O/c1-3-6-24-12-14-25(15-13-24)7-5-22-29-28-20-18-27(19-21-28)17-16-26-10-8-23(4-2)9-11-26/h18-21,23-26H,3-17,22H2,1-2H3/t23-,24-,25-,26-. The van der Waals surface area contributed by atoms with Gasteiger partial charge in [-0.05, 0) is 67.1 Å². The predicted octanol–water partition coefficient (Wildman–Crippen LogP) is 8.60. The third-order valence-corrected chi connectivity index (χ3v) is 8.00. The zero-order valence-corrected chi connectivity index (χ0v) is 19.3. The number of hydrogen-bond acceptors (Lipinski definition) is 1. The minimum Gasteiger partial charge on any atom is -0.494 e. The van der Waals surface area contributed by atoms with Crippen molar-refractivity contribution in [2.75, 3.05) is 6.61 Å². The van der Waals surface area contributed by atoms with E-state index in [0.29, 0.717) is 0 Å². The van der Waals surface area contributed by atoms with Crippen LogP contribution in [0.15, 0.2) is 24.3 Å². The first kappa shape index (κ1) is 22.7. The Kier molecular flexibility index (Phi) is 9.91. The Balaban J connectivity index is 1.26. The van der Waals surface area contributed by atoms with Crippen LogP contribution in [0.4, 0.5) is 0 Å². The third-order valence-electron chi connectivity index (χ3n) is 8.00. The zero-order valence-electron chi connectivity index (χ0n) is 19.3. The first-order chi connectivity index (χ1) is 14.3. The number of aryl methyl sites for hydroxylation is 1. The van der Waals surface area contributed by atoms with Gasteiger partial charge in [0.15, 0.2) is 0 Å². The molecule has 1 nitrogen and oxygen atoms in total. The molecule has 29 heavy (non-hydrogen) atoms. The lowest BCUT2D eigenvalue weighted by molar-refractivity contribution is 0.230. The Morgan fingerprint density at radius 1 is 0.690 bits per heavy atom. The number of benzene rings is 1. The fourth-order valence-corrected chi connectivity index (χ4v) is 5.83. The highest BCUT2D eigenvalue weighted by molar-refractivity contribution is 5.27. The molecule has 0 radical (unpaired) electrons. The van der Waals surface area contributed by atoms with Crippen molar-refractivity contribution < 1.29 is 4.74 Å². The zero-order chi connectivity index (χ0) is 20.3. The Hall–Kier alpha value is -0.980. The van der Waals surface area contributed by atoms with Gasteiger partial charge in [-0.25, -0.2) is 0 Å². The largest absolute Gasteiger partial charge is 0.494 e. The van der Waals surface area contributed by atoms with Crippen molar-refractivity contribution >= 4 is 0 Å². The average Bonchev–Trinajstić information content (AvgIpc) is 2.78. The van der Waals surface area contributed by atoms with E-state index < -0.39 is 0 Å². The average molecular weight is 399 g/mol. The summed E-state index contributed by atoms with van der Waals surface area (Å²) in [5.74, 6) is 5.02. The molecule has 0 aromatic heterocycles. The molecule has 0 aliphatic heterocycles. The summed E-state index contributed by atoms with van der Waals surface area (Å²) in [6.07, 6.45) is 21.1. The maximum Gasteiger partial charge on any atom is 0.119 e. The van der Waals surface area contributed by atoms with Gasteiger partial charge in [-0.1, -0.05) is 96.6 Å². The van der Waals surface area contributed by atoms with Crippen LogP contribution in [0.2, 0.25) is 0 Å². The summed E-state index contributed by atoms with van der Waals surface area (Å²) in [5, 5.41) is 0. The molecule has 0 N–H and O–H groups in total. The second-order valence-corrected chi connectivity index (χ2v) is 10.1. The SMILES string of the molecule is CCC[C@H]1CC[C@H](CCCOc2ccc(CC[C@H]3CC[C@H](CC)CC3)cc2)CC1. The maximum absolute atomic E-state index is 6.03. The van der Waals surface area contributed by atoms with Crippen molar-refractivity contribution in [2.24, 2.45) is 23.7 Å². The summed E-state index contributed by atoms with van der Waals surface area (Å²) in [6, 6.07) is 8.97. The Morgan fingerprint density at radius 2 is 1.24 bits per heavy atom. The predicted molar refractivity (Wildman–Crippen MR) is 126 cm³/mol. The van der Waals surface area contributed by atoms with Crippen molar-refractivity contribution in [1.29, 1.82) is 0 Å². The normalized spacial score (nSPS) is 27.7. The molecule has 0 atom stereocenters. The first-order valence-electron chi connectivity index (χ1n) is 13.0. The number of rotatable bonds is 11. The minimum atomic E-state index is 0.884. The van der Waals surface area contributed by atoms with Crippen LogP contribution >= 0.6 is 0 Å². The lowest BCUT2D eigenvalue weighted by Gasteiger charge is -2.28. The van der Waals surface area contributed by atoms with E-state index in [9.17, 15) is 0 Å². The van der Waals surface area contributed by atoms with E-state index in [4.69, 9.17) is 4.74 Å². The molecular formula is C28H46O. The van der Waals surface area contributed by atoms with Crippen LogP contribution in [-0.4, -0.2) is 6.61 Å². The van der Waals surface area contributed by atoms with E-state index in [1.165, 1.54) is 102 Å². The van der Waals surface area contributed by atoms with Crippen molar-refractivity contribution in [3.05, 3.63) is 29.8 Å². The summed E-state index contributed by atoms with van der Waals surface area (Å²) < 4.78 is 6.03. The lowest BCUT2D eigenvalue weighted by atomic mass is 9.78. The molecule has 2 aliphatic carbocycles. The van der Waals surface area contributed by atoms with Crippen molar-refractivity contribution in [3.63, 3.8) is 0 Å². The lowest BCUT2D eigenvalue weighted by Crippen LogP contribution is -2.15. The van der Waals surface area contributed by atoms with E-state index in [1.54, 1.807) is 0 Å². The molecule has 3 rings (SSSR count). The summed E-state index contributed by atoms with van der Waals surface area (Å²) in [6.45, 7) is 5.57. The van der Waals surface area contributed by atoms with Gasteiger partial charge in [0.1, 0.15) is 5.75 Å². The summed E-state index contributed by atoms with van der Waals surface area (Å²) in [5.41, 5.74) is 1.49. The van der Waals surface area contributed by atoms with Gasteiger partial charge in [0, 0.05) is 0 Å². The molecule has 0 amide bonds. The van der Waals surface area contributed by atoms with Gasteiger partial charge in [0.25, 0.3) is 0 Å². The van der Waals surface area contributed by atoms with Crippen molar-refractivity contribution in [2.45, 2.75) is 110 Å². The molecule has 0 unspecified atom stereocenters. The minimum absolute atomic E-state index is 0.884. The Bertz CT molecular complexity index is 532. The van der Waals surface area contributed by atoms with Gasteiger partial charge in [0.2, 0.25) is 0 Å². The molecule has 0 spiro atoms. The molecular weight excluding hydrogens is 352 g/mol. The molecule has 1 aromatic carbocycles. The molecule has 0 heterocycles. The molecule has 2 fully saturated rings. The van der Waals surface area contributed by atoms with Crippen molar-refractivity contribution in [1.82, 2.24) is 0 Å². The molecule has 0 saturated heterocycles. The number of ether oxygens (including phenoxy) is 1. The van der Waals surface area contributed by atoms with Crippen LogP contribution < -0.4 is 4.74 Å². The monoisotopic (exact) mass is 398 g/mol. The Labute approximate surface area is 181 Å². The fraction of sp³-hybridized carbons (Fsp3) is 0.786. The summed E-state index contributed by atoms with van der Waals surface area (Å²) >= 11 is 0. The van der Waals surface area contributed by atoms with Crippen LogP contribution in [0.1, 0.15) is 109 Å². The molecule has 1 aromatic rings. The Morgan fingerprint density at radius 3 is 1.83 bits per heavy atom. The van der Waals surface area contributed by atoms with Gasteiger partial charge in [-0.3, -0.25) is 0 Å². The summed E-state index contributed by atoms with van der Waals surface area (Å²) in [7, 11) is 0. The molecule has 2 saturated carbocycles. The van der Waals surface area contributed by atoms with E-state index in [2.05, 4.69) is 38.1 Å². The highest BCUT2D eigenvalue weighted by Crippen LogP contribution is 2.34. The third kappa shape index (κ3) is 7.99. The van der Waals surface area contributed by atoms with Gasteiger partial charge in [-0.2, -0.15) is 0 Å². The highest BCUT2D eigenvalue weighted by atomic mass is 16.5. The van der Waals surface area contributed by atoms with Gasteiger partial charge >= 0.3 is 0 Å². The topological polar surface area (TPSA) is 9.23 Å². The van der Waals surface area contributed by atoms with Gasteiger partial charge in [0.05, 0.1) is 6.61 Å². The second kappa shape index (κ2) is 12.7. The first-order valence-corrected chi connectivity index (χ1v) is 13.0. The molecule has 0 bridgehead atoms. The van der Waals surface area contributed by atoms with E-state index in [-0.39, 0.29) is 0 Å². The maximum atomic E-state index is 6.03. The smallest absolute Gasteiger partial charge is 0.119 e. The van der Waals surface area contributed by atoms with Crippen LogP contribution in [0.3, 0.4) is 0 Å². The molecule has 1 heteroatoms. The second-order valence-electron chi connectivity index (χ2n) is 10.1. The van der Waals surface area contributed by atoms with Crippen molar-refractivity contribution in [3.8, 4) is 5.75 Å². The molecule has 2 aliphatic rings. The van der Waals surface area contributed by atoms with Crippen LogP contribution in [0.5, 0.6) is 5.75 Å². The van der Waals surface area contributed by atoms with Gasteiger partial charge < -0.3 is 4.74 Å². The van der Waals surface area contributed by atoms with Crippen LogP contribution in [-0.2, 0) is 6.42 Å². The van der Waals surface area contributed by atoms with E-state index >= 15 is 0 Å². The fourth-order valence-electron chi connectivity index (χ4n) is 5.83. The van der Waals surface area contributed by atoms with Crippen LogP contribution in [0.25, 0.3) is 0 Å². The number of hydrogen-bond donors (Lipinski definition) is 0. The molecule has 164 valence electrons. The van der Waals surface area contributed by atoms with Crippen LogP contribution in [0, 0.1) is 23.7 Å². The van der Waals surface area contributed by atoms with E-state index in [1.807, 2.05) is 0 Å². The highest BCUT2D eigenvalue weighted by Gasteiger charge is 2.20. The van der Waals surface area contributed by atoms with Gasteiger partial charge in [-0.15, -0.1) is 0 Å². The summed E-state index contributed by atoms with van der Waals surface area (Å²) in [4.78, 5) is 0. The van der Waals surface area contributed by atoms with E-state index in [0.717, 1.165) is 36.0 Å².